The molecule has 0 aliphatic heterocycles. The molecule has 22 heavy (non-hydrogen) atoms. The fourth-order valence-corrected chi connectivity index (χ4v) is 2.31. The van der Waals surface area contributed by atoms with Crippen molar-refractivity contribution >= 4 is 17.3 Å². The normalized spacial score (nSPS) is 11.6. The molecule has 1 unspecified atom stereocenters. The minimum Gasteiger partial charge on any atom is -0.497 e. The largest absolute Gasteiger partial charge is 0.497 e. The predicted molar refractivity (Wildman–Crippen MR) is 90.4 cm³/mol. The summed E-state index contributed by atoms with van der Waals surface area (Å²) in [5.41, 5.74) is 3.04. The minimum atomic E-state index is -0.0645. The van der Waals surface area contributed by atoms with Crippen molar-refractivity contribution in [3.8, 4) is 5.75 Å². The Balaban J connectivity index is 2.07. The van der Waals surface area contributed by atoms with Crippen LogP contribution < -0.4 is 15.4 Å². The first kappa shape index (κ1) is 15.9. The molecule has 2 aromatic rings. The van der Waals surface area contributed by atoms with Crippen molar-refractivity contribution in [2.24, 2.45) is 0 Å². The Labute approximate surface area is 131 Å². The number of hydrogen-bond acceptors (Lipinski definition) is 3. The van der Waals surface area contributed by atoms with Crippen LogP contribution in [0.3, 0.4) is 0 Å². The topological polar surface area (TPSA) is 50.4 Å². The monoisotopic (exact) mass is 298 g/mol. The Morgan fingerprint density at radius 1 is 1.05 bits per heavy atom. The summed E-state index contributed by atoms with van der Waals surface area (Å²) < 4.78 is 5.19. The van der Waals surface area contributed by atoms with Crippen molar-refractivity contribution in [1.29, 1.82) is 0 Å². The SMILES string of the molecule is CCC(Nc1ccc(NC(C)=O)cc1)c1ccc(OC)cc1. The van der Waals surface area contributed by atoms with Crippen LogP contribution in [-0.4, -0.2) is 13.0 Å². The van der Waals surface area contributed by atoms with E-state index in [2.05, 4.69) is 29.7 Å². The van der Waals surface area contributed by atoms with Crippen LogP contribution in [0.15, 0.2) is 48.5 Å². The van der Waals surface area contributed by atoms with E-state index in [1.54, 1.807) is 7.11 Å². The molecule has 0 bridgehead atoms. The van der Waals surface area contributed by atoms with Crippen LogP contribution in [0.4, 0.5) is 11.4 Å². The molecule has 0 radical (unpaired) electrons. The van der Waals surface area contributed by atoms with Crippen molar-refractivity contribution in [2.75, 3.05) is 17.7 Å². The van der Waals surface area contributed by atoms with Crippen LogP contribution in [0.5, 0.6) is 5.75 Å². The first-order chi connectivity index (χ1) is 10.6. The number of ether oxygens (including phenoxy) is 1. The average Bonchev–Trinajstić information content (AvgIpc) is 2.54. The molecule has 0 aliphatic carbocycles. The quantitative estimate of drug-likeness (QED) is 0.839. The Kier molecular flexibility index (Phi) is 5.42. The van der Waals surface area contributed by atoms with E-state index in [9.17, 15) is 4.79 Å². The maximum atomic E-state index is 11.0. The van der Waals surface area contributed by atoms with Crippen molar-refractivity contribution in [1.82, 2.24) is 0 Å². The van der Waals surface area contributed by atoms with Crippen LogP contribution >= 0.6 is 0 Å². The van der Waals surface area contributed by atoms with Crippen LogP contribution in [0.2, 0.25) is 0 Å². The lowest BCUT2D eigenvalue weighted by Gasteiger charge is -2.19. The van der Waals surface area contributed by atoms with E-state index in [1.165, 1.54) is 12.5 Å². The minimum absolute atomic E-state index is 0.0645. The fourth-order valence-electron chi connectivity index (χ4n) is 2.31. The summed E-state index contributed by atoms with van der Waals surface area (Å²) in [4.78, 5) is 11.0. The number of amides is 1. The van der Waals surface area contributed by atoms with Gasteiger partial charge in [-0.15, -0.1) is 0 Å². The highest BCUT2D eigenvalue weighted by atomic mass is 16.5. The summed E-state index contributed by atoms with van der Waals surface area (Å²) in [5, 5.41) is 6.27. The number of carbonyl (C=O) groups excluding carboxylic acids is 1. The number of anilines is 2. The van der Waals surface area contributed by atoms with Gasteiger partial charge in [0.15, 0.2) is 0 Å². The maximum Gasteiger partial charge on any atom is 0.221 e. The molecule has 2 aromatic carbocycles. The van der Waals surface area contributed by atoms with E-state index < -0.39 is 0 Å². The van der Waals surface area contributed by atoms with Crippen LogP contribution in [-0.2, 0) is 4.79 Å². The molecule has 116 valence electrons. The molecular formula is C18H22N2O2. The lowest BCUT2D eigenvalue weighted by Crippen LogP contribution is -2.10. The molecule has 1 amide bonds. The second kappa shape index (κ2) is 7.50. The lowest BCUT2D eigenvalue weighted by atomic mass is 10.0. The third-order valence-electron chi connectivity index (χ3n) is 3.47. The lowest BCUT2D eigenvalue weighted by molar-refractivity contribution is -0.114. The summed E-state index contributed by atoms with van der Waals surface area (Å²) in [6.07, 6.45) is 0.972. The van der Waals surface area contributed by atoms with E-state index in [1.807, 2.05) is 36.4 Å². The van der Waals surface area contributed by atoms with Gasteiger partial charge in [0.1, 0.15) is 5.75 Å². The molecule has 0 saturated carbocycles. The van der Waals surface area contributed by atoms with Gasteiger partial charge < -0.3 is 15.4 Å². The van der Waals surface area contributed by atoms with Crippen molar-refractivity contribution in [2.45, 2.75) is 26.3 Å². The Morgan fingerprint density at radius 2 is 1.64 bits per heavy atom. The van der Waals surface area contributed by atoms with Gasteiger partial charge in [0.2, 0.25) is 5.91 Å². The zero-order valence-electron chi connectivity index (χ0n) is 13.2. The molecule has 2 N–H and O–H groups in total. The van der Waals surface area contributed by atoms with E-state index in [0.717, 1.165) is 23.5 Å². The fraction of sp³-hybridized carbons (Fsp3) is 0.278. The summed E-state index contributed by atoms with van der Waals surface area (Å²) in [6.45, 7) is 3.65. The van der Waals surface area contributed by atoms with Gasteiger partial charge in [-0.2, -0.15) is 0 Å². The molecule has 0 aliphatic rings. The molecule has 0 aromatic heterocycles. The van der Waals surface area contributed by atoms with Crippen molar-refractivity contribution in [3.63, 3.8) is 0 Å². The molecule has 1 atom stereocenters. The number of rotatable bonds is 6. The highest BCUT2D eigenvalue weighted by Crippen LogP contribution is 2.25. The van der Waals surface area contributed by atoms with Crippen LogP contribution in [0.1, 0.15) is 31.9 Å². The van der Waals surface area contributed by atoms with Crippen LogP contribution in [0, 0.1) is 0 Å². The van der Waals surface area contributed by atoms with Crippen LogP contribution in [0.25, 0.3) is 0 Å². The van der Waals surface area contributed by atoms with Gasteiger partial charge in [-0.25, -0.2) is 0 Å². The van der Waals surface area contributed by atoms with E-state index >= 15 is 0 Å². The molecule has 4 heteroatoms. The predicted octanol–water partition coefficient (Wildman–Crippen LogP) is 4.22. The number of benzene rings is 2. The Morgan fingerprint density at radius 3 is 2.14 bits per heavy atom. The standard InChI is InChI=1S/C18H22N2O2/c1-4-18(14-5-11-17(22-3)12-6-14)20-16-9-7-15(8-10-16)19-13(2)21/h5-12,18,20H,4H2,1-3H3,(H,19,21). The third-order valence-corrected chi connectivity index (χ3v) is 3.47. The second-order valence-corrected chi connectivity index (χ2v) is 5.14. The third kappa shape index (κ3) is 4.25. The van der Waals surface area contributed by atoms with Gasteiger partial charge in [-0.1, -0.05) is 19.1 Å². The number of methoxy groups -OCH3 is 1. The highest BCUT2D eigenvalue weighted by Gasteiger charge is 2.09. The molecular weight excluding hydrogens is 276 g/mol. The highest BCUT2D eigenvalue weighted by molar-refractivity contribution is 5.88. The number of carbonyl (C=O) groups is 1. The van der Waals surface area contributed by atoms with Gasteiger partial charge in [0.25, 0.3) is 0 Å². The smallest absolute Gasteiger partial charge is 0.221 e. The van der Waals surface area contributed by atoms with Gasteiger partial charge in [0.05, 0.1) is 13.2 Å². The zero-order valence-corrected chi connectivity index (χ0v) is 13.2. The first-order valence-corrected chi connectivity index (χ1v) is 7.40. The summed E-state index contributed by atoms with van der Waals surface area (Å²) >= 11 is 0. The van der Waals surface area contributed by atoms with E-state index in [-0.39, 0.29) is 11.9 Å². The molecule has 0 heterocycles. The van der Waals surface area contributed by atoms with E-state index in [0.29, 0.717) is 0 Å². The second-order valence-electron chi connectivity index (χ2n) is 5.14. The summed E-state index contributed by atoms with van der Waals surface area (Å²) in [5.74, 6) is 0.795. The molecule has 0 fully saturated rings. The van der Waals surface area contributed by atoms with Gasteiger partial charge >= 0.3 is 0 Å². The molecule has 0 saturated heterocycles. The average molecular weight is 298 g/mol. The van der Waals surface area contributed by atoms with Crippen molar-refractivity contribution in [3.05, 3.63) is 54.1 Å². The number of nitrogens with one attached hydrogen (secondary N) is 2. The first-order valence-electron chi connectivity index (χ1n) is 7.40. The molecule has 4 nitrogen and oxygen atoms in total. The summed E-state index contributed by atoms with van der Waals surface area (Å²) in [6, 6.07) is 16.1. The van der Waals surface area contributed by atoms with Crippen molar-refractivity contribution < 1.29 is 9.53 Å². The Bertz CT molecular complexity index is 606. The van der Waals surface area contributed by atoms with Gasteiger partial charge in [0, 0.05) is 18.3 Å². The van der Waals surface area contributed by atoms with Gasteiger partial charge in [-0.05, 0) is 48.4 Å². The Hall–Kier alpha value is -2.49. The van der Waals surface area contributed by atoms with E-state index in [4.69, 9.17) is 4.74 Å². The number of hydrogen-bond donors (Lipinski definition) is 2. The molecule has 0 spiro atoms. The summed E-state index contributed by atoms with van der Waals surface area (Å²) in [7, 11) is 1.67. The molecule has 2 rings (SSSR count). The zero-order chi connectivity index (χ0) is 15.9. The van der Waals surface area contributed by atoms with Gasteiger partial charge in [-0.3, -0.25) is 4.79 Å². The maximum absolute atomic E-state index is 11.0.